The van der Waals surface area contributed by atoms with E-state index in [4.69, 9.17) is 0 Å². The Morgan fingerprint density at radius 3 is 2.14 bits per heavy atom. The van der Waals surface area contributed by atoms with Crippen molar-refractivity contribution in [3.8, 4) is 0 Å². The highest BCUT2D eigenvalue weighted by molar-refractivity contribution is 7.91. The van der Waals surface area contributed by atoms with E-state index in [1.807, 2.05) is 26.1 Å². The molecule has 21 heavy (non-hydrogen) atoms. The number of hydrogen-bond acceptors (Lipinski definition) is 3. The molecule has 0 aliphatic carbocycles. The van der Waals surface area contributed by atoms with E-state index >= 15 is 0 Å². The molecule has 0 spiro atoms. The van der Waals surface area contributed by atoms with Gasteiger partial charge >= 0.3 is 0 Å². The Labute approximate surface area is 130 Å². The van der Waals surface area contributed by atoms with Crippen LogP contribution < -0.4 is 5.32 Å². The molecule has 3 nitrogen and oxygen atoms in total. The molecule has 1 aromatic carbocycles. The summed E-state index contributed by atoms with van der Waals surface area (Å²) in [6.07, 6.45) is 1.64. The van der Waals surface area contributed by atoms with Crippen LogP contribution in [0.1, 0.15) is 57.7 Å². The van der Waals surface area contributed by atoms with E-state index in [1.165, 1.54) is 5.56 Å². The molecule has 1 rings (SSSR count). The Kier molecular flexibility index (Phi) is 6.41. The maximum absolute atomic E-state index is 12.1. The van der Waals surface area contributed by atoms with E-state index in [0.29, 0.717) is 0 Å². The second-order valence-electron chi connectivity index (χ2n) is 6.68. The van der Waals surface area contributed by atoms with Crippen molar-refractivity contribution in [3.63, 3.8) is 0 Å². The quantitative estimate of drug-likeness (QED) is 0.839. The third kappa shape index (κ3) is 5.79. The molecule has 1 aromatic rings. The molecule has 0 radical (unpaired) electrons. The molecular weight excluding hydrogens is 282 g/mol. The molecule has 0 aliphatic heterocycles. The molecule has 1 unspecified atom stereocenters. The SMILES string of the molecule is CCCCS(=O)(=O)CC(NC)c1ccc(C(C)(C)C)cc1. The maximum Gasteiger partial charge on any atom is 0.152 e. The van der Waals surface area contributed by atoms with Gasteiger partial charge in [0.2, 0.25) is 0 Å². The van der Waals surface area contributed by atoms with E-state index in [2.05, 4.69) is 38.2 Å². The lowest BCUT2D eigenvalue weighted by molar-refractivity contribution is 0.569. The minimum absolute atomic E-state index is 0.112. The van der Waals surface area contributed by atoms with Gasteiger partial charge in [0.25, 0.3) is 0 Å². The van der Waals surface area contributed by atoms with Crippen LogP contribution in [0.5, 0.6) is 0 Å². The van der Waals surface area contributed by atoms with Crippen molar-refractivity contribution in [1.82, 2.24) is 5.32 Å². The lowest BCUT2D eigenvalue weighted by Crippen LogP contribution is -2.26. The third-order valence-electron chi connectivity index (χ3n) is 3.76. The van der Waals surface area contributed by atoms with Gasteiger partial charge in [0.05, 0.1) is 11.5 Å². The first-order valence-corrected chi connectivity index (χ1v) is 9.50. The predicted octanol–water partition coefficient (Wildman–Crippen LogP) is 3.46. The first-order valence-electron chi connectivity index (χ1n) is 7.67. The number of rotatable bonds is 7. The Morgan fingerprint density at radius 2 is 1.71 bits per heavy atom. The highest BCUT2D eigenvalue weighted by atomic mass is 32.2. The summed E-state index contributed by atoms with van der Waals surface area (Å²) in [7, 11) is -1.19. The highest BCUT2D eigenvalue weighted by Gasteiger charge is 2.20. The van der Waals surface area contributed by atoms with Gasteiger partial charge in [-0.3, -0.25) is 0 Å². The van der Waals surface area contributed by atoms with Crippen molar-refractivity contribution in [1.29, 1.82) is 0 Å². The van der Waals surface area contributed by atoms with Gasteiger partial charge in [-0.1, -0.05) is 58.4 Å². The van der Waals surface area contributed by atoms with Crippen LogP contribution >= 0.6 is 0 Å². The average Bonchev–Trinajstić information content (AvgIpc) is 2.42. The lowest BCUT2D eigenvalue weighted by atomic mass is 9.86. The van der Waals surface area contributed by atoms with Crippen LogP contribution in [0.15, 0.2) is 24.3 Å². The fourth-order valence-corrected chi connectivity index (χ4v) is 4.03. The average molecular weight is 311 g/mol. The summed E-state index contributed by atoms with van der Waals surface area (Å²) in [5.41, 5.74) is 2.40. The van der Waals surface area contributed by atoms with Crippen LogP contribution in [0.3, 0.4) is 0 Å². The smallest absolute Gasteiger partial charge is 0.152 e. The van der Waals surface area contributed by atoms with E-state index in [1.54, 1.807) is 0 Å². The summed E-state index contributed by atoms with van der Waals surface area (Å²) in [5, 5.41) is 3.13. The van der Waals surface area contributed by atoms with Crippen molar-refractivity contribution in [3.05, 3.63) is 35.4 Å². The fraction of sp³-hybridized carbons (Fsp3) is 0.647. The molecule has 0 aliphatic rings. The topological polar surface area (TPSA) is 46.2 Å². The van der Waals surface area contributed by atoms with Crippen molar-refractivity contribution < 1.29 is 8.42 Å². The summed E-state index contributed by atoms with van der Waals surface area (Å²) in [4.78, 5) is 0. The van der Waals surface area contributed by atoms with Gasteiger partial charge in [-0.2, -0.15) is 0 Å². The zero-order chi connectivity index (χ0) is 16.1. The molecule has 0 aromatic heterocycles. The second-order valence-corrected chi connectivity index (χ2v) is 8.91. The number of sulfone groups is 1. The first kappa shape index (κ1) is 18.2. The summed E-state index contributed by atoms with van der Waals surface area (Å²) in [5.74, 6) is 0.445. The maximum atomic E-state index is 12.1. The van der Waals surface area contributed by atoms with Gasteiger partial charge < -0.3 is 5.32 Å². The van der Waals surface area contributed by atoms with Crippen LogP contribution in [0.4, 0.5) is 0 Å². The van der Waals surface area contributed by atoms with Crippen molar-refractivity contribution in [2.75, 3.05) is 18.6 Å². The van der Waals surface area contributed by atoms with Gasteiger partial charge in [-0.25, -0.2) is 8.42 Å². The zero-order valence-electron chi connectivity index (χ0n) is 13.9. The molecular formula is C17H29NO2S. The third-order valence-corrected chi connectivity index (χ3v) is 5.51. The highest BCUT2D eigenvalue weighted by Crippen LogP contribution is 2.24. The molecule has 120 valence electrons. The summed E-state index contributed by atoms with van der Waals surface area (Å²) in [6, 6.07) is 8.13. The minimum atomic E-state index is -3.00. The summed E-state index contributed by atoms with van der Waals surface area (Å²) < 4.78 is 24.2. The Hall–Kier alpha value is -0.870. The normalized spacial score (nSPS) is 14.1. The molecule has 0 amide bonds. The molecule has 0 heterocycles. The van der Waals surface area contributed by atoms with Gasteiger partial charge in [0, 0.05) is 6.04 Å². The minimum Gasteiger partial charge on any atom is -0.312 e. The van der Waals surface area contributed by atoms with Crippen LogP contribution in [0, 0.1) is 0 Å². The fourth-order valence-electron chi connectivity index (χ4n) is 2.26. The second kappa shape index (κ2) is 7.41. The van der Waals surface area contributed by atoms with Gasteiger partial charge in [-0.05, 0) is 30.0 Å². The number of benzene rings is 1. The van der Waals surface area contributed by atoms with Crippen molar-refractivity contribution in [2.24, 2.45) is 0 Å². The number of unbranched alkanes of at least 4 members (excludes halogenated alkanes) is 1. The largest absolute Gasteiger partial charge is 0.312 e. The van der Waals surface area contributed by atoms with Gasteiger partial charge in [0.15, 0.2) is 9.84 Å². The van der Waals surface area contributed by atoms with Gasteiger partial charge in [-0.15, -0.1) is 0 Å². The van der Waals surface area contributed by atoms with E-state index in [0.717, 1.165) is 18.4 Å². The van der Waals surface area contributed by atoms with Crippen LogP contribution in [0.25, 0.3) is 0 Å². The van der Waals surface area contributed by atoms with Crippen LogP contribution in [-0.4, -0.2) is 27.0 Å². The van der Waals surface area contributed by atoms with Gasteiger partial charge in [0.1, 0.15) is 0 Å². The number of hydrogen-bond donors (Lipinski definition) is 1. The number of nitrogens with one attached hydrogen (secondary N) is 1. The molecule has 1 atom stereocenters. The molecule has 1 N–H and O–H groups in total. The molecule has 4 heteroatoms. The molecule has 0 saturated carbocycles. The molecule has 0 saturated heterocycles. The molecule has 0 bridgehead atoms. The van der Waals surface area contributed by atoms with Crippen molar-refractivity contribution >= 4 is 9.84 Å². The Balaban J connectivity index is 2.86. The van der Waals surface area contributed by atoms with E-state index in [-0.39, 0.29) is 23.0 Å². The zero-order valence-corrected chi connectivity index (χ0v) is 14.8. The van der Waals surface area contributed by atoms with Crippen molar-refractivity contribution in [2.45, 2.75) is 52.0 Å². The molecule has 0 fully saturated rings. The lowest BCUT2D eigenvalue weighted by Gasteiger charge is -2.21. The summed E-state index contributed by atoms with van der Waals surface area (Å²) in [6.45, 7) is 8.53. The van der Waals surface area contributed by atoms with E-state index < -0.39 is 9.84 Å². The standard InChI is InChI=1S/C17H29NO2S/c1-6-7-12-21(19,20)13-16(18-5)14-8-10-15(11-9-14)17(2,3)4/h8-11,16,18H,6-7,12-13H2,1-5H3. The van der Waals surface area contributed by atoms with E-state index in [9.17, 15) is 8.42 Å². The Bertz CT molecular complexity index is 527. The first-order chi connectivity index (χ1) is 9.69. The van der Waals surface area contributed by atoms with Crippen LogP contribution in [0.2, 0.25) is 0 Å². The Morgan fingerprint density at radius 1 is 1.14 bits per heavy atom. The monoisotopic (exact) mass is 311 g/mol. The van der Waals surface area contributed by atoms with Crippen LogP contribution in [-0.2, 0) is 15.3 Å². The summed E-state index contributed by atoms with van der Waals surface area (Å²) >= 11 is 0. The predicted molar refractivity (Wildman–Crippen MR) is 90.5 cm³/mol.